The Hall–Kier alpha value is -0.990. The van der Waals surface area contributed by atoms with Crippen molar-refractivity contribution in [3.8, 4) is 6.08 Å². The van der Waals surface area contributed by atoms with Crippen LogP contribution in [0.5, 0.6) is 6.08 Å². The van der Waals surface area contributed by atoms with Crippen LogP contribution < -0.4 is 4.74 Å². The number of aromatic nitrogens is 1. The summed E-state index contributed by atoms with van der Waals surface area (Å²) in [7, 11) is 0. The van der Waals surface area contributed by atoms with Gasteiger partial charge in [-0.3, -0.25) is 0 Å². The van der Waals surface area contributed by atoms with Gasteiger partial charge < -0.3 is 9.15 Å². The lowest BCUT2D eigenvalue weighted by molar-refractivity contribution is 0.293. The predicted octanol–water partition coefficient (Wildman–Crippen LogP) is 1.24. The van der Waals surface area contributed by atoms with Crippen molar-refractivity contribution in [1.82, 2.24) is 4.98 Å². The van der Waals surface area contributed by atoms with Gasteiger partial charge in [-0.25, -0.2) is 0 Å². The Kier molecular flexibility index (Phi) is 1.51. The van der Waals surface area contributed by atoms with E-state index in [1.165, 1.54) is 19.1 Å². The molecule has 1 aromatic heterocycles. The van der Waals surface area contributed by atoms with Crippen LogP contribution in [0.1, 0.15) is 6.92 Å². The minimum absolute atomic E-state index is 0.285. The van der Waals surface area contributed by atoms with Crippen LogP contribution in [0.25, 0.3) is 0 Å². The van der Waals surface area contributed by atoms with Crippen molar-refractivity contribution >= 4 is 0 Å². The summed E-state index contributed by atoms with van der Waals surface area (Å²) in [6.45, 7) is 3.26. The van der Waals surface area contributed by atoms with Crippen molar-refractivity contribution in [2.75, 3.05) is 0 Å². The molecule has 1 radical (unpaired) electrons. The first kappa shape index (κ1) is 5.15. The smallest absolute Gasteiger partial charge is 0.393 e. The fourth-order valence-electron chi connectivity index (χ4n) is 0.369. The largest absolute Gasteiger partial charge is 0.443 e. The molecule has 0 amide bonds. The van der Waals surface area contributed by atoms with Crippen LogP contribution in [0.4, 0.5) is 0 Å². The average molecular weight is 112 g/mol. The Balaban J connectivity index is 2.50. The minimum Gasteiger partial charge on any atom is -0.443 e. The topological polar surface area (TPSA) is 35.3 Å². The van der Waals surface area contributed by atoms with Gasteiger partial charge in [-0.1, -0.05) is 0 Å². The van der Waals surface area contributed by atoms with Gasteiger partial charge >= 0.3 is 6.08 Å². The minimum atomic E-state index is 0.285. The zero-order valence-corrected chi connectivity index (χ0v) is 4.50. The monoisotopic (exact) mass is 112 g/mol. The summed E-state index contributed by atoms with van der Waals surface area (Å²) in [5.41, 5.74) is 0. The van der Waals surface area contributed by atoms with E-state index in [2.05, 4.69) is 4.98 Å². The maximum absolute atomic E-state index is 4.74. The Morgan fingerprint density at radius 1 is 1.88 bits per heavy atom. The van der Waals surface area contributed by atoms with Crippen molar-refractivity contribution in [1.29, 1.82) is 0 Å². The fourth-order valence-corrected chi connectivity index (χ4v) is 0.369. The van der Waals surface area contributed by atoms with Crippen molar-refractivity contribution in [3.05, 3.63) is 19.1 Å². The molecule has 1 heterocycles. The third-order valence-electron chi connectivity index (χ3n) is 0.628. The van der Waals surface area contributed by atoms with E-state index in [0.29, 0.717) is 0 Å². The average Bonchev–Trinajstić information content (AvgIpc) is 2.19. The quantitative estimate of drug-likeness (QED) is 0.577. The molecular formula is C5H6NO2. The SMILES string of the molecule is C[CH]Oc1ncco1. The van der Waals surface area contributed by atoms with Gasteiger partial charge in [0.15, 0.2) is 0 Å². The molecule has 0 spiro atoms. The first-order valence-electron chi connectivity index (χ1n) is 2.27. The first-order chi connectivity index (χ1) is 3.93. The molecule has 0 fully saturated rings. The highest BCUT2D eigenvalue weighted by Crippen LogP contribution is 2.04. The molecule has 1 rings (SSSR count). The molecule has 0 aliphatic heterocycles. The molecule has 0 bridgehead atoms. The van der Waals surface area contributed by atoms with E-state index >= 15 is 0 Å². The van der Waals surface area contributed by atoms with E-state index in [1.54, 1.807) is 6.92 Å². The third kappa shape index (κ3) is 0.992. The maximum atomic E-state index is 4.74. The molecule has 0 aliphatic rings. The molecule has 0 N–H and O–H groups in total. The number of hydrogen-bond acceptors (Lipinski definition) is 3. The number of ether oxygens (including phenoxy) is 1. The second-order valence-corrected chi connectivity index (χ2v) is 1.15. The summed E-state index contributed by atoms with van der Waals surface area (Å²) < 4.78 is 9.45. The summed E-state index contributed by atoms with van der Waals surface area (Å²) >= 11 is 0. The van der Waals surface area contributed by atoms with E-state index < -0.39 is 0 Å². The summed E-state index contributed by atoms with van der Waals surface area (Å²) in [5, 5.41) is 0. The van der Waals surface area contributed by atoms with E-state index in [-0.39, 0.29) is 6.08 Å². The van der Waals surface area contributed by atoms with Crippen LogP contribution in [-0.2, 0) is 0 Å². The third-order valence-corrected chi connectivity index (χ3v) is 0.628. The molecule has 0 atom stereocenters. The van der Waals surface area contributed by atoms with Gasteiger partial charge in [0.2, 0.25) is 0 Å². The highest BCUT2D eigenvalue weighted by atomic mass is 16.6. The fraction of sp³-hybridized carbons (Fsp3) is 0.200. The van der Waals surface area contributed by atoms with Gasteiger partial charge in [-0.2, -0.15) is 4.98 Å². The molecule has 1 aromatic rings. The van der Waals surface area contributed by atoms with Crippen LogP contribution in [0.3, 0.4) is 0 Å². The maximum Gasteiger partial charge on any atom is 0.393 e. The summed E-state index contributed by atoms with van der Waals surface area (Å²) in [6.07, 6.45) is 3.27. The highest BCUT2D eigenvalue weighted by Gasteiger charge is 1.91. The van der Waals surface area contributed by atoms with Crippen LogP contribution in [0.15, 0.2) is 16.9 Å². The van der Waals surface area contributed by atoms with Crippen LogP contribution in [0.2, 0.25) is 0 Å². The second kappa shape index (κ2) is 2.35. The Morgan fingerprint density at radius 3 is 3.25 bits per heavy atom. The van der Waals surface area contributed by atoms with Crippen LogP contribution in [0, 0.1) is 6.61 Å². The van der Waals surface area contributed by atoms with E-state index in [4.69, 9.17) is 9.15 Å². The van der Waals surface area contributed by atoms with E-state index in [0.717, 1.165) is 0 Å². The van der Waals surface area contributed by atoms with Gasteiger partial charge in [0.25, 0.3) is 0 Å². The molecule has 3 heteroatoms. The lowest BCUT2D eigenvalue weighted by atomic mass is 10.9. The van der Waals surface area contributed by atoms with Gasteiger partial charge in [-0.15, -0.1) is 0 Å². The zero-order valence-electron chi connectivity index (χ0n) is 4.50. The van der Waals surface area contributed by atoms with E-state index in [9.17, 15) is 0 Å². The second-order valence-electron chi connectivity index (χ2n) is 1.15. The van der Waals surface area contributed by atoms with E-state index in [1.807, 2.05) is 0 Å². The lowest BCUT2D eigenvalue weighted by Gasteiger charge is -1.89. The molecule has 43 valence electrons. The Bertz CT molecular complexity index is 136. The number of rotatable bonds is 2. The summed E-state index contributed by atoms with van der Waals surface area (Å²) in [5.74, 6) is 0. The summed E-state index contributed by atoms with van der Waals surface area (Å²) in [6, 6.07) is 0. The molecule has 8 heavy (non-hydrogen) atoms. The predicted molar refractivity (Wildman–Crippen MR) is 27.1 cm³/mol. The van der Waals surface area contributed by atoms with Crippen molar-refractivity contribution in [3.63, 3.8) is 0 Å². The first-order valence-corrected chi connectivity index (χ1v) is 2.27. The zero-order chi connectivity index (χ0) is 5.82. The lowest BCUT2D eigenvalue weighted by Crippen LogP contribution is -1.82. The van der Waals surface area contributed by atoms with Gasteiger partial charge in [-0.05, 0) is 6.92 Å². The molecule has 0 aliphatic carbocycles. The van der Waals surface area contributed by atoms with Gasteiger partial charge in [0, 0.05) is 0 Å². The molecule has 3 nitrogen and oxygen atoms in total. The normalized spacial score (nSPS) is 9.12. The van der Waals surface area contributed by atoms with Crippen LogP contribution >= 0.6 is 0 Å². The molecule has 0 aromatic carbocycles. The molecule has 0 unspecified atom stereocenters. The molecular weight excluding hydrogens is 106 g/mol. The van der Waals surface area contributed by atoms with Crippen LogP contribution in [-0.4, -0.2) is 4.98 Å². The van der Waals surface area contributed by atoms with Gasteiger partial charge in [0.05, 0.1) is 6.20 Å². The molecule has 0 saturated carbocycles. The Labute approximate surface area is 47.3 Å². The van der Waals surface area contributed by atoms with Crippen molar-refractivity contribution < 1.29 is 9.15 Å². The number of nitrogens with zero attached hydrogens (tertiary/aromatic N) is 1. The highest BCUT2D eigenvalue weighted by molar-refractivity contribution is 4.85. The van der Waals surface area contributed by atoms with Crippen molar-refractivity contribution in [2.45, 2.75) is 6.92 Å². The summed E-state index contributed by atoms with van der Waals surface area (Å²) in [4.78, 5) is 3.69. The standard InChI is InChI=1S/C5H6NO2/c1-2-7-5-6-3-4-8-5/h2-4H,1H3. The van der Waals surface area contributed by atoms with Gasteiger partial charge in [0.1, 0.15) is 12.9 Å². The molecule has 0 saturated heterocycles. The number of oxazole rings is 1. The Morgan fingerprint density at radius 2 is 2.75 bits per heavy atom. The number of hydrogen-bond donors (Lipinski definition) is 0. The van der Waals surface area contributed by atoms with Crippen molar-refractivity contribution in [2.24, 2.45) is 0 Å².